The third kappa shape index (κ3) is 2.39. The largest absolute Gasteiger partial charge is 0.472 e. The van der Waals surface area contributed by atoms with Crippen molar-refractivity contribution in [1.29, 1.82) is 0 Å². The van der Waals surface area contributed by atoms with Gasteiger partial charge in [-0.2, -0.15) is 0 Å². The Morgan fingerprint density at radius 2 is 1.85 bits per heavy atom. The maximum Gasteiger partial charge on any atom is 0.257 e. The van der Waals surface area contributed by atoms with Gasteiger partial charge in [-0.3, -0.25) is 4.79 Å². The molecule has 0 saturated carbocycles. The van der Waals surface area contributed by atoms with Crippen LogP contribution in [0.25, 0.3) is 0 Å². The molecular weight excluding hydrogens is 259 g/mol. The third-order valence-electron chi connectivity index (χ3n) is 3.53. The molecule has 1 aliphatic heterocycles. The van der Waals surface area contributed by atoms with Gasteiger partial charge < -0.3 is 14.2 Å². The highest BCUT2D eigenvalue weighted by molar-refractivity contribution is 5.94. The minimum atomic E-state index is -0.220. The zero-order valence-electron chi connectivity index (χ0n) is 11.0. The van der Waals surface area contributed by atoms with Crippen molar-refractivity contribution in [2.75, 3.05) is 31.1 Å². The molecule has 104 valence electrons. The molecule has 0 bridgehead atoms. The minimum absolute atomic E-state index is 0.0352. The molecule has 1 aliphatic rings. The predicted molar refractivity (Wildman–Crippen MR) is 73.2 cm³/mol. The van der Waals surface area contributed by atoms with Crippen molar-refractivity contribution in [2.45, 2.75) is 0 Å². The molecule has 0 radical (unpaired) electrons. The lowest BCUT2D eigenvalue weighted by molar-refractivity contribution is 0.0746. The van der Waals surface area contributed by atoms with Crippen LogP contribution >= 0.6 is 0 Å². The molecule has 2 heterocycles. The van der Waals surface area contributed by atoms with E-state index in [0.717, 1.165) is 0 Å². The molecule has 2 aromatic rings. The van der Waals surface area contributed by atoms with Gasteiger partial charge in [0.1, 0.15) is 12.1 Å². The lowest BCUT2D eigenvalue weighted by Crippen LogP contribution is -2.49. The number of carbonyl (C=O) groups is 1. The van der Waals surface area contributed by atoms with Gasteiger partial charge in [-0.1, -0.05) is 12.1 Å². The first-order chi connectivity index (χ1) is 9.75. The van der Waals surface area contributed by atoms with E-state index in [2.05, 4.69) is 0 Å². The zero-order chi connectivity index (χ0) is 13.9. The van der Waals surface area contributed by atoms with Crippen LogP contribution in [0.5, 0.6) is 0 Å². The van der Waals surface area contributed by atoms with Gasteiger partial charge in [-0.15, -0.1) is 0 Å². The molecule has 20 heavy (non-hydrogen) atoms. The number of benzene rings is 1. The van der Waals surface area contributed by atoms with Crippen molar-refractivity contribution in [3.8, 4) is 0 Å². The molecule has 0 unspecified atom stereocenters. The van der Waals surface area contributed by atoms with Crippen LogP contribution in [-0.4, -0.2) is 37.0 Å². The van der Waals surface area contributed by atoms with E-state index in [1.54, 1.807) is 23.1 Å². The van der Waals surface area contributed by atoms with E-state index in [1.165, 1.54) is 18.6 Å². The van der Waals surface area contributed by atoms with Crippen LogP contribution in [0, 0.1) is 5.82 Å². The fraction of sp³-hybridized carbons (Fsp3) is 0.267. The summed E-state index contributed by atoms with van der Waals surface area (Å²) in [6.45, 7) is 2.42. The second kappa shape index (κ2) is 5.36. The molecule has 1 aromatic carbocycles. The summed E-state index contributed by atoms with van der Waals surface area (Å²) in [5.41, 5.74) is 1.16. The summed E-state index contributed by atoms with van der Waals surface area (Å²) < 4.78 is 18.6. The molecule has 3 rings (SSSR count). The molecule has 1 fully saturated rings. The van der Waals surface area contributed by atoms with Gasteiger partial charge in [-0.25, -0.2) is 4.39 Å². The Morgan fingerprint density at radius 1 is 1.10 bits per heavy atom. The lowest BCUT2D eigenvalue weighted by Gasteiger charge is -2.36. The SMILES string of the molecule is O=C(c1ccoc1)N1CCN(c2ccccc2F)CC1. The maximum absolute atomic E-state index is 13.7. The van der Waals surface area contributed by atoms with Crippen molar-refractivity contribution in [3.63, 3.8) is 0 Å². The van der Waals surface area contributed by atoms with Crippen LogP contribution in [0.2, 0.25) is 0 Å². The molecule has 0 N–H and O–H groups in total. The van der Waals surface area contributed by atoms with Crippen molar-refractivity contribution in [2.24, 2.45) is 0 Å². The number of carbonyl (C=O) groups excluding carboxylic acids is 1. The number of amides is 1. The topological polar surface area (TPSA) is 36.7 Å². The second-order valence-electron chi connectivity index (χ2n) is 4.74. The first-order valence-corrected chi connectivity index (χ1v) is 6.56. The van der Waals surface area contributed by atoms with Gasteiger partial charge in [0.25, 0.3) is 5.91 Å². The second-order valence-corrected chi connectivity index (χ2v) is 4.74. The smallest absolute Gasteiger partial charge is 0.257 e. The van der Waals surface area contributed by atoms with Crippen LogP contribution in [0.4, 0.5) is 10.1 Å². The first-order valence-electron chi connectivity index (χ1n) is 6.56. The molecule has 0 spiro atoms. The van der Waals surface area contributed by atoms with Crippen LogP contribution < -0.4 is 4.90 Å². The van der Waals surface area contributed by atoms with Crippen LogP contribution in [0.1, 0.15) is 10.4 Å². The van der Waals surface area contributed by atoms with Crippen molar-refractivity contribution >= 4 is 11.6 Å². The summed E-state index contributed by atoms with van der Waals surface area (Å²) in [5.74, 6) is -0.256. The fourth-order valence-electron chi connectivity index (χ4n) is 2.43. The van der Waals surface area contributed by atoms with Crippen LogP contribution in [0.15, 0.2) is 47.3 Å². The van der Waals surface area contributed by atoms with Gasteiger partial charge >= 0.3 is 0 Å². The Bertz CT molecular complexity index is 590. The van der Waals surface area contributed by atoms with Gasteiger partial charge in [0.15, 0.2) is 0 Å². The number of anilines is 1. The molecule has 1 saturated heterocycles. The fourth-order valence-corrected chi connectivity index (χ4v) is 2.43. The number of para-hydroxylation sites is 1. The molecular formula is C15H15FN2O2. The zero-order valence-corrected chi connectivity index (χ0v) is 11.0. The molecule has 5 heteroatoms. The Morgan fingerprint density at radius 3 is 2.50 bits per heavy atom. The number of hydrogen-bond acceptors (Lipinski definition) is 3. The van der Waals surface area contributed by atoms with Crippen LogP contribution in [0.3, 0.4) is 0 Å². The lowest BCUT2D eigenvalue weighted by atomic mass is 10.2. The van der Waals surface area contributed by atoms with E-state index in [-0.39, 0.29) is 11.7 Å². The highest BCUT2D eigenvalue weighted by Crippen LogP contribution is 2.20. The Balaban J connectivity index is 1.65. The van der Waals surface area contributed by atoms with Gasteiger partial charge in [0.2, 0.25) is 0 Å². The normalized spacial score (nSPS) is 15.4. The number of rotatable bonds is 2. The monoisotopic (exact) mass is 274 g/mol. The standard InChI is InChI=1S/C15H15FN2O2/c16-13-3-1-2-4-14(13)17-6-8-18(9-7-17)15(19)12-5-10-20-11-12/h1-5,10-11H,6-9H2. The average molecular weight is 274 g/mol. The molecule has 4 nitrogen and oxygen atoms in total. The number of halogens is 1. The summed E-state index contributed by atoms with van der Waals surface area (Å²) >= 11 is 0. The highest BCUT2D eigenvalue weighted by atomic mass is 19.1. The van der Waals surface area contributed by atoms with E-state index in [0.29, 0.717) is 37.4 Å². The van der Waals surface area contributed by atoms with E-state index in [1.807, 2.05) is 11.0 Å². The predicted octanol–water partition coefficient (Wildman–Crippen LogP) is 2.38. The summed E-state index contributed by atoms with van der Waals surface area (Å²) in [7, 11) is 0. The number of furan rings is 1. The van der Waals surface area contributed by atoms with E-state index in [4.69, 9.17) is 4.42 Å². The summed E-state index contributed by atoms with van der Waals surface area (Å²) in [5, 5.41) is 0. The highest BCUT2D eigenvalue weighted by Gasteiger charge is 2.23. The van der Waals surface area contributed by atoms with Gasteiger partial charge in [-0.05, 0) is 18.2 Å². The Kier molecular flexibility index (Phi) is 3.41. The average Bonchev–Trinajstić information content (AvgIpc) is 3.01. The van der Waals surface area contributed by atoms with E-state index in [9.17, 15) is 9.18 Å². The van der Waals surface area contributed by atoms with Crippen molar-refractivity contribution < 1.29 is 13.6 Å². The van der Waals surface area contributed by atoms with Gasteiger partial charge in [0, 0.05) is 26.2 Å². The van der Waals surface area contributed by atoms with E-state index >= 15 is 0 Å². The number of hydrogen-bond donors (Lipinski definition) is 0. The Hall–Kier alpha value is -2.30. The minimum Gasteiger partial charge on any atom is -0.472 e. The summed E-state index contributed by atoms with van der Waals surface area (Å²) in [6, 6.07) is 8.38. The van der Waals surface area contributed by atoms with E-state index < -0.39 is 0 Å². The van der Waals surface area contributed by atoms with Crippen molar-refractivity contribution in [3.05, 3.63) is 54.2 Å². The molecule has 0 atom stereocenters. The number of piperazine rings is 1. The summed E-state index contributed by atoms with van der Waals surface area (Å²) in [4.78, 5) is 15.9. The quantitative estimate of drug-likeness (QED) is 0.843. The van der Waals surface area contributed by atoms with Crippen LogP contribution in [-0.2, 0) is 0 Å². The Labute approximate surface area is 116 Å². The van der Waals surface area contributed by atoms with Gasteiger partial charge in [0.05, 0.1) is 17.5 Å². The summed E-state index contributed by atoms with van der Waals surface area (Å²) in [6.07, 6.45) is 2.94. The maximum atomic E-state index is 13.7. The molecule has 1 amide bonds. The molecule has 1 aromatic heterocycles. The van der Waals surface area contributed by atoms with Crippen molar-refractivity contribution in [1.82, 2.24) is 4.90 Å². The molecule has 0 aliphatic carbocycles. The number of nitrogens with zero attached hydrogens (tertiary/aromatic N) is 2. The third-order valence-corrected chi connectivity index (χ3v) is 3.53. The first kappa shape index (κ1) is 12.7.